The number of carbonyl (C=O) groups is 2. The Labute approximate surface area is 122 Å². The summed E-state index contributed by atoms with van der Waals surface area (Å²) in [4.78, 5) is 22.3. The molecule has 0 unspecified atom stereocenters. The maximum atomic E-state index is 11.2. The second kappa shape index (κ2) is 9.22. The third-order valence-corrected chi connectivity index (χ3v) is 3.16. The highest BCUT2D eigenvalue weighted by molar-refractivity contribution is 7.99. The Kier molecular flexibility index (Phi) is 7.52. The molecule has 1 aromatic carbocycles. The number of benzene rings is 1. The first kappa shape index (κ1) is 16.3. The van der Waals surface area contributed by atoms with E-state index in [2.05, 4.69) is 5.43 Å². The summed E-state index contributed by atoms with van der Waals surface area (Å²) < 4.78 is 10.3. The number of hydrogen-bond acceptors (Lipinski definition) is 6. The number of amides is 1. The summed E-state index contributed by atoms with van der Waals surface area (Å²) >= 11 is 1.45. The summed E-state index contributed by atoms with van der Waals surface area (Å²) in [5, 5.41) is 0. The quantitative estimate of drug-likeness (QED) is 0.244. The van der Waals surface area contributed by atoms with Gasteiger partial charge in [-0.15, -0.1) is 11.8 Å². The summed E-state index contributed by atoms with van der Waals surface area (Å²) in [7, 11) is 0. The Balaban J connectivity index is 2.22. The van der Waals surface area contributed by atoms with E-state index in [-0.39, 0.29) is 11.9 Å². The minimum absolute atomic E-state index is 0.213. The molecule has 0 saturated carbocycles. The van der Waals surface area contributed by atoms with Crippen molar-refractivity contribution in [3.8, 4) is 5.75 Å². The molecule has 20 heavy (non-hydrogen) atoms. The van der Waals surface area contributed by atoms with Crippen molar-refractivity contribution >= 4 is 23.6 Å². The Morgan fingerprint density at radius 3 is 2.60 bits per heavy atom. The molecule has 0 aliphatic carbocycles. The maximum absolute atomic E-state index is 11.2. The first-order chi connectivity index (χ1) is 9.67. The van der Waals surface area contributed by atoms with Gasteiger partial charge in [0.1, 0.15) is 5.75 Å². The van der Waals surface area contributed by atoms with Crippen molar-refractivity contribution in [2.24, 2.45) is 5.84 Å². The van der Waals surface area contributed by atoms with Crippen LogP contribution in [0.4, 0.5) is 0 Å². The third kappa shape index (κ3) is 5.94. The summed E-state index contributed by atoms with van der Waals surface area (Å²) in [6.45, 7) is 2.66. The predicted molar refractivity (Wildman–Crippen MR) is 77.5 cm³/mol. The second-order valence-electron chi connectivity index (χ2n) is 3.70. The molecule has 0 aromatic heterocycles. The average molecular weight is 298 g/mol. The molecule has 3 N–H and O–H groups in total. The van der Waals surface area contributed by atoms with Gasteiger partial charge in [0.25, 0.3) is 5.91 Å². The summed E-state index contributed by atoms with van der Waals surface area (Å²) in [5.41, 5.74) is 2.52. The highest BCUT2D eigenvalue weighted by atomic mass is 32.2. The van der Waals surface area contributed by atoms with E-state index in [1.807, 2.05) is 0 Å². The van der Waals surface area contributed by atoms with Crippen LogP contribution in [-0.2, 0) is 9.53 Å². The fourth-order valence-corrected chi connectivity index (χ4v) is 1.96. The Bertz CT molecular complexity index is 437. The van der Waals surface area contributed by atoms with E-state index in [9.17, 15) is 9.59 Å². The average Bonchev–Trinajstić information content (AvgIpc) is 2.47. The molecule has 0 spiro atoms. The maximum Gasteiger partial charge on any atom is 0.315 e. The lowest BCUT2D eigenvalue weighted by atomic mass is 10.2. The number of hydrogen-bond donors (Lipinski definition) is 2. The monoisotopic (exact) mass is 298 g/mol. The summed E-state index contributed by atoms with van der Waals surface area (Å²) in [6, 6.07) is 6.65. The second-order valence-corrected chi connectivity index (χ2v) is 4.81. The van der Waals surface area contributed by atoms with Crippen LogP contribution in [0.15, 0.2) is 24.3 Å². The van der Waals surface area contributed by atoms with Crippen LogP contribution in [0, 0.1) is 0 Å². The van der Waals surface area contributed by atoms with Crippen molar-refractivity contribution in [1.29, 1.82) is 0 Å². The molecule has 0 aliphatic rings. The molecule has 1 amide bonds. The molecule has 6 nitrogen and oxygen atoms in total. The highest BCUT2D eigenvalue weighted by Gasteiger charge is 2.04. The van der Waals surface area contributed by atoms with Gasteiger partial charge in [-0.05, 0) is 31.2 Å². The Morgan fingerprint density at radius 2 is 2.00 bits per heavy atom. The molecule has 0 saturated heterocycles. The van der Waals surface area contributed by atoms with E-state index < -0.39 is 0 Å². The van der Waals surface area contributed by atoms with E-state index in [0.717, 1.165) is 0 Å². The Morgan fingerprint density at radius 1 is 1.30 bits per heavy atom. The standard InChI is InChI=1S/C13H18N2O4S/c1-2-18-12(16)9-20-8-7-19-11-5-3-10(4-6-11)13(17)15-14/h3-6H,2,7-9,14H2,1H3,(H,15,17). The van der Waals surface area contributed by atoms with Gasteiger partial charge in [-0.1, -0.05) is 0 Å². The lowest BCUT2D eigenvalue weighted by molar-refractivity contribution is -0.139. The highest BCUT2D eigenvalue weighted by Crippen LogP contribution is 2.12. The van der Waals surface area contributed by atoms with Crippen molar-refractivity contribution in [2.75, 3.05) is 24.7 Å². The van der Waals surface area contributed by atoms with E-state index in [1.54, 1.807) is 31.2 Å². The van der Waals surface area contributed by atoms with Crippen LogP contribution < -0.4 is 16.0 Å². The van der Waals surface area contributed by atoms with Gasteiger partial charge in [-0.2, -0.15) is 0 Å². The van der Waals surface area contributed by atoms with Gasteiger partial charge >= 0.3 is 5.97 Å². The fourth-order valence-electron chi connectivity index (χ4n) is 1.36. The first-order valence-electron chi connectivity index (χ1n) is 6.14. The number of esters is 1. The van der Waals surface area contributed by atoms with Crippen molar-refractivity contribution in [2.45, 2.75) is 6.92 Å². The van der Waals surface area contributed by atoms with Gasteiger partial charge in [-0.25, -0.2) is 5.84 Å². The largest absolute Gasteiger partial charge is 0.493 e. The minimum atomic E-state index is -0.346. The lowest BCUT2D eigenvalue weighted by Gasteiger charge is -2.06. The molecule has 7 heteroatoms. The van der Waals surface area contributed by atoms with E-state index >= 15 is 0 Å². The number of nitrogen functional groups attached to an aromatic ring is 1. The van der Waals surface area contributed by atoms with Crippen LogP contribution in [0.25, 0.3) is 0 Å². The molecule has 1 aromatic rings. The van der Waals surface area contributed by atoms with Crippen LogP contribution in [-0.4, -0.2) is 36.6 Å². The number of hydrazine groups is 1. The molecule has 0 aliphatic heterocycles. The predicted octanol–water partition coefficient (Wildman–Crippen LogP) is 0.965. The number of carbonyl (C=O) groups excluding carboxylic acids is 2. The van der Waals surface area contributed by atoms with E-state index in [0.29, 0.717) is 36.0 Å². The summed E-state index contributed by atoms with van der Waals surface area (Å²) in [6.07, 6.45) is 0. The number of nitrogens with two attached hydrogens (primary N) is 1. The van der Waals surface area contributed by atoms with E-state index in [4.69, 9.17) is 15.3 Å². The number of nitrogens with one attached hydrogen (secondary N) is 1. The Hall–Kier alpha value is -1.73. The smallest absolute Gasteiger partial charge is 0.315 e. The van der Waals surface area contributed by atoms with Crippen LogP contribution in [0.2, 0.25) is 0 Å². The van der Waals surface area contributed by atoms with Crippen LogP contribution in [0.3, 0.4) is 0 Å². The van der Waals surface area contributed by atoms with E-state index in [1.165, 1.54) is 11.8 Å². The first-order valence-corrected chi connectivity index (χ1v) is 7.30. The van der Waals surface area contributed by atoms with Crippen molar-refractivity contribution < 1.29 is 19.1 Å². The van der Waals surface area contributed by atoms with Gasteiger partial charge in [0.05, 0.1) is 19.0 Å². The van der Waals surface area contributed by atoms with Crippen molar-refractivity contribution in [3.05, 3.63) is 29.8 Å². The van der Waals surface area contributed by atoms with Crippen LogP contribution >= 0.6 is 11.8 Å². The SMILES string of the molecule is CCOC(=O)CSCCOc1ccc(C(=O)NN)cc1. The summed E-state index contributed by atoms with van der Waals surface area (Å²) in [5.74, 6) is 6.14. The van der Waals surface area contributed by atoms with Crippen molar-refractivity contribution in [3.63, 3.8) is 0 Å². The van der Waals surface area contributed by atoms with Crippen molar-refractivity contribution in [1.82, 2.24) is 5.43 Å². The molecule has 0 atom stereocenters. The minimum Gasteiger partial charge on any atom is -0.493 e. The van der Waals surface area contributed by atoms with Crippen LogP contribution in [0.5, 0.6) is 5.75 Å². The normalized spacial score (nSPS) is 9.90. The van der Waals surface area contributed by atoms with Crippen LogP contribution in [0.1, 0.15) is 17.3 Å². The van der Waals surface area contributed by atoms with Gasteiger partial charge in [0, 0.05) is 11.3 Å². The zero-order valence-corrected chi connectivity index (χ0v) is 12.1. The third-order valence-electron chi connectivity index (χ3n) is 2.27. The number of rotatable bonds is 8. The number of thioether (sulfide) groups is 1. The van der Waals surface area contributed by atoms with Gasteiger partial charge in [0.2, 0.25) is 0 Å². The molecule has 0 radical (unpaired) electrons. The zero-order chi connectivity index (χ0) is 14.8. The van der Waals surface area contributed by atoms with Gasteiger partial charge in [0.15, 0.2) is 0 Å². The molecule has 0 heterocycles. The fraction of sp³-hybridized carbons (Fsp3) is 0.385. The zero-order valence-electron chi connectivity index (χ0n) is 11.3. The molecular weight excluding hydrogens is 280 g/mol. The molecular formula is C13H18N2O4S. The lowest BCUT2D eigenvalue weighted by Crippen LogP contribution is -2.29. The molecule has 110 valence electrons. The molecule has 0 fully saturated rings. The molecule has 0 bridgehead atoms. The number of ether oxygens (including phenoxy) is 2. The van der Waals surface area contributed by atoms with Gasteiger partial charge < -0.3 is 9.47 Å². The van der Waals surface area contributed by atoms with Gasteiger partial charge in [-0.3, -0.25) is 15.0 Å². The topological polar surface area (TPSA) is 90.6 Å². The molecule has 1 rings (SSSR count).